The average molecular weight is 415 g/mol. The first kappa shape index (κ1) is 18.7. The lowest BCUT2D eigenvalue weighted by Crippen LogP contribution is -2.36. The van der Waals surface area contributed by atoms with Crippen LogP contribution in [0, 0.1) is 0 Å². The molecule has 0 fully saturated rings. The van der Waals surface area contributed by atoms with Crippen LogP contribution in [0.4, 0.5) is 0 Å². The molecule has 2 rings (SSSR count). The van der Waals surface area contributed by atoms with E-state index >= 15 is 0 Å². The first-order valence-corrected chi connectivity index (χ1v) is 9.66. The maximum atomic E-state index is 12.6. The van der Waals surface area contributed by atoms with Crippen LogP contribution in [0.15, 0.2) is 56.4 Å². The van der Waals surface area contributed by atoms with Crippen molar-refractivity contribution in [1.82, 2.24) is 10.0 Å². The summed E-state index contributed by atoms with van der Waals surface area (Å²) in [5.41, 5.74) is 0. The fraction of sp³-hybridized carbons (Fsp3) is 0.312. The molecule has 1 aromatic carbocycles. The molecule has 0 radical (unpaired) electrons. The van der Waals surface area contributed by atoms with Crippen molar-refractivity contribution in [3.05, 3.63) is 52.9 Å². The fourth-order valence-corrected chi connectivity index (χ4v) is 3.59. The Labute approximate surface area is 149 Å². The molecule has 0 spiro atoms. The molecule has 2 aromatic rings. The van der Waals surface area contributed by atoms with E-state index < -0.39 is 16.1 Å². The molecule has 1 amide bonds. The van der Waals surface area contributed by atoms with Gasteiger partial charge in [-0.1, -0.05) is 15.9 Å². The Morgan fingerprint density at radius 2 is 1.88 bits per heavy atom. The minimum absolute atomic E-state index is 0.0298. The van der Waals surface area contributed by atoms with Crippen molar-refractivity contribution in [2.24, 2.45) is 0 Å². The van der Waals surface area contributed by atoms with Gasteiger partial charge in [0.2, 0.25) is 15.9 Å². The third-order valence-electron chi connectivity index (χ3n) is 3.15. The second-order valence-corrected chi connectivity index (χ2v) is 8.20. The Morgan fingerprint density at radius 1 is 1.21 bits per heavy atom. The summed E-state index contributed by atoms with van der Waals surface area (Å²) in [6, 6.07) is 8.72. The quantitative estimate of drug-likeness (QED) is 0.728. The highest BCUT2D eigenvalue weighted by atomic mass is 79.9. The summed E-state index contributed by atoms with van der Waals surface area (Å²) in [7, 11) is -3.79. The number of amides is 1. The van der Waals surface area contributed by atoms with Crippen molar-refractivity contribution >= 4 is 31.9 Å². The van der Waals surface area contributed by atoms with Gasteiger partial charge in [-0.3, -0.25) is 4.79 Å². The molecule has 1 atom stereocenters. The van der Waals surface area contributed by atoms with Gasteiger partial charge >= 0.3 is 0 Å². The largest absolute Gasteiger partial charge is 0.468 e. The van der Waals surface area contributed by atoms with E-state index in [9.17, 15) is 13.2 Å². The van der Waals surface area contributed by atoms with Crippen molar-refractivity contribution in [3.8, 4) is 0 Å². The third kappa shape index (κ3) is 5.19. The molecule has 1 unspecified atom stereocenters. The molecule has 1 aromatic heterocycles. The summed E-state index contributed by atoms with van der Waals surface area (Å²) in [5, 5.41) is 2.75. The molecule has 24 heavy (non-hydrogen) atoms. The van der Waals surface area contributed by atoms with Crippen molar-refractivity contribution < 1.29 is 17.6 Å². The number of rotatable bonds is 7. The zero-order valence-electron chi connectivity index (χ0n) is 13.3. The van der Waals surface area contributed by atoms with Gasteiger partial charge in [0.25, 0.3) is 0 Å². The van der Waals surface area contributed by atoms with E-state index in [1.807, 2.05) is 13.8 Å². The van der Waals surface area contributed by atoms with E-state index in [-0.39, 0.29) is 23.3 Å². The summed E-state index contributed by atoms with van der Waals surface area (Å²) >= 11 is 3.27. The van der Waals surface area contributed by atoms with E-state index in [0.29, 0.717) is 5.76 Å². The van der Waals surface area contributed by atoms with Crippen LogP contribution in [0.3, 0.4) is 0 Å². The molecule has 1 heterocycles. The highest BCUT2D eigenvalue weighted by molar-refractivity contribution is 9.10. The third-order valence-corrected chi connectivity index (χ3v) is 5.16. The fourth-order valence-electron chi connectivity index (χ4n) is 2.13. The molecule has 2 N–H and O–H groups in total. The van der Waals surface area contributed by atoms with Crippen LogP contribution in [0.25, 0.3) is 0 Å². The van der Waals surface area contributed by atoms with Crippen LogP contribution in [0.1, 0.15) is 32.1 Å². The van der Waals surface area contributed by atoms with Gasteiger partial charge in [-0.2, -0.15) is 4.72 Å². The molecule has 0 saturated heterocycles. The number of benzene rings is 1. The van der Waals surface area contributed by atoms with Crippen molar-refractivity contribution in [2.45, 2.75) is 37.2 Å². The summed E-state index contributed by atoms with van der Waals surface area (Å²) in [6.07, 6.45) is 1.39. The van der Waals surface area contributed by atoms with Crippen LogP contribution < -0.4 is 10.0 Å². The number of furan rings is 1. The molecule has 0 bridgehead atoms. The summed E-state index contributed by atoms with van der Waals surface area (Å²) in [4.78, 5) is 12.1. The Morgan fingerprint density at radius 3 is 2.42 bits per heavy atom. The van der Waals surface area contributed by atoms with E-state index in [4.69, 9.17) is 4.42 Å². The van der Waals surface area contributed by atoms with E-state index in [0.717, 1.165) is 4.47 Å². The maximum Gasteiger partial charge on any atom is 0.241 e. The number of hydrogen-bond donors (Lipinski definition) is 2. The van der Waals surface area contributed by atoms with Crippen molar-refractivity contribution in [1.29, 1.82) is 0 Å². The van der Waals surface area contributed by atoms with Crippen molar-refractivity contribution in [3.63, 3.8) is 0 Å². The molecule has 8 heteroatoms. The average Bonchev–Trinajstić information content (AvgIpc) is 3.00. The summed E-state index contributed by atoms with van der Waals surface area (Å²) in [6.45, 7) is 3.68. The van der Waals surface area contributed by atoms with Gasteiger partial charge in [0.1, 0.15) is 5.76 Å². The minimum atomic E-state index is -3.79. The summed E-state index contributed by atoms with van der Waals surface area (Å²) < 4.78 is 33.7. The number of carbonyl (C=O) groups excluding carboxylic acids is 1. The summed E-state index contributed by atoms with van der Waals surface area (Å²) in [5.74, 6) is 0.125. The highest BCUT2D eigenvalue weighted by Gasteiger charge is 2.25. The highest BCUT2D eigenvalue weighted by Crippen LogP contribution is 2.22. The maximum absolute atomic E-state index is 12.6. The van der Waals surface area contributed by atoms with Gasteiger partial charge < -0.3 is 9.73 Å². The number of sulfonamides is 1. The Kier molecular flexibility index (Phi) is 6.20. The molecule has 130 valence electrons. The molecule has 0 aliphatic carbocycles. The van der Waals surface area contributed by atoms with Gasteiger partial charge in [-0.05, 0) is 50.2 Å². The van der Waals surface area contributed by atoms with Crippen LogP contribution >= 0.6 is 15.9 Å². The standard InChI is InChI=1S/C16H19BrN2O4S/c1-11(2)18-16(20)10-14(15-4-3-9-23-15)19-24(21,22)13-7-5-12(17)6-8-13/h3-9,11,14,19H,10H2,1-2H3,(H,18,20). The van der Waals surface area contributed by atoms with E-state index in [1.54, 1.807) is 24.3 Å². The monoisotopic (exact) mass is 414 g/mol. The Bertz CT molecular complexity index is 771. The lowest BCUT2D eigenvalue weighted by molar-refractivity contribution is -0.122. The van der Waals surface area contributed by atoms with Crippen LogP contribution in [-0.2, 0) is 14.8 Å². The van der Waals surface area contributed by atoms with Gasteiger partial charge in [0.15, 0.2) is 0 Å². The second-order valence-electron chi connectivity index (χ2n) is 5.57. The lowest BCUT2D eigenvalue weighted by atomic mass is 10.1. The van der Waals surface area contributed by atoms with E-state index in [2.05, 4.69) is 26.0 Å². The van der Waals surface area contributed by atoms with Gasteiger partial charge in [-0.15, -0.1) is 0 Å². The molecular weight excluding hydrogens is 396 g/mol. The Hall–Kier alpha value is -1.64. The van der Waals surface area contributed by atoms with E-state index in [1.165, 1.54) is 18.4 Å². The number of halogens is 1. The normalized spacial score (nSPS) is 13.0. The zero-order valence-corrected chi connectivity index (χ0v) is 15.7. The number of carbonyl (C=O) groups is 1. The molecule has 0 aliphatic rings. The topological polar surface area (TPSA) is 88.4 Å². The van der Waals surface area contributed by atoms with Gasteiger partial charge in [-0.25, -0.2) is 8.42 Å². The lowest BCUT2D eigenvalue weighted by Gasteiger charge is -2.17. The zero-order chi connectivity index (χ0) is 17.7. The van der Waals surface area contributed by atoms with Crippen LogP contribution in [-0.4, -0.2) is 20.4 Å². The van der Waals surface area contributed by atoms with Crippen molar-refractivity contribution in [2.75, 3.05) is 0 Å². The van der Waals surface area contributed by atoms with Crippen LogP contribution in [0.2, 0.25) is 0 Å². The van der Waals surface area contributed by atoms with Crippen LogP contribution in [0.5, 0.6) is 0 Å². The first-order chi connectivity index (χ1) is 11.3. The SMILES string of the molecule is CC(C)NC(=O)CC(NS(=O)(=O)c1ccc(Br)cc1)c1ccco1. The first-order valence-electron chi connectivity index (χ1n) is 7.38. The van der Waals surface area contributed by atoms with Gasteiger partial charge in [0, 0.05) is 10.5 Å². The number of nitrogens with one attached hydrogen (secondary N) is 2. The Balaban J connectivity index is 2.21. The molecule has 6 nitrogen and oxygen atoms in total. The molecular formula is C16H19BrN2O4S. The van der Waals surface area contributed by atoms with Gasteiger partial charge in [0.05, 0.1) is 23.6 Å². The molecule has 0 aliphatic heterocycles. The predicted octanol–water partition coefficient (Wildman–Crippen LogP) is 2.98. The minimum Gasteiger partial charge on any atom is -0.468 e. The smallest absolute Gasteiger partial charge is 0.241 e. The predicted molar refractivity (Wildman–Crippen MR) is 93.8 cm³/mol. The second kappa shape index (κ2) is 7.96. The molecule has 0 saturated carbocycles. The number of hydrogen-bond acceptors (Lipinski definition) is 4.